The number of rotatable bonds is 2. The average molecular weight is 208 g/mol. The van der Waals surface area contributed by atoms with Gasteiger partial charge in [0.1, 0.15) is 6.04 Å². The summed E-state index contributed by atoms with van der Waals surface area (Å²) >= 11 is 0. The number of hydrogen-bond donors (Lipinski definition) is 1. The molecule has 0 amide bonds. The molecule has 0 aromatic carbocycles. The Morgan fingerprint density at radius 1 is 1.14 bits per heavy atom. The fourth-order valence-corrected chi connectivity index (χ4v) is 2.14. The maximum atomic E-state index is 12.7. The predicted octanol–water partition coefficient (Wildman–Crippen LogP) is 1.23. The Morgan fingerprint density at radius 3 is 2.14 bits per heavy atom. The molecule has 0 bridgehead atoms. The Morgan fingerprint density at radius 2 is 1.71 bits per heavy atom. The van der Waals surface area contributed by atoms with Gasteiger partial charge in [-0.05, 0) is 18.8 Å². The summed E-state index contributed by atoms with van der Waals surface area (Å²) in [5.74, 6) is -0.131. The lowest BCUT2D eigenvalue weighted by Crippen LogP contribution is -2.54. The lowest BCUT2D eigenvalue weighted by atomic mass is 10.1. The van der Waals surface area contributed by atoms with Crippen molar-refractivity contribution in [3.05, 3.63) is 0 Å². The second kappa shape index (κ2) is 3.70. The first-order valence-electron chi connectivity index (χ1n) is 5.10. The van der Waals surface area contributed by atoms with Crippen molar-refractivity contribution >= 4 is 0 Å². The standard InChI is InChI=1S/C9H15F3N2/c10-9(11,12)8(7-1-2-7)14-5-3-13-4-6-14/h7-8,13H,1-6H2/t8-/m1/s1. The molecule has 2 fully saturated rings. The molecule has 1 heterocycles. The summed E-state index contributed by atoms with van der Waals surface area (Å²) in [5.41, 5.74) is 0. The summed E-state index contributed by atoms with van der Waals surface area (Å²) in [4.78, 5) is 1.59. The zero-order valence-corrected chi connectivity index (χ0v) is 7.98. The molecule has 1 atom stereocenters. The fraction of sp³-hybridized carbons (Fsp3) is 1.00. The highest BCUT2D eigenvalue weighted by Gasteiger charge is 2.51. The predicted molar refractivity (Wildman–Crippen MR) is 47.0 cm³/mol. The van der Waals surface area contributed by atoms with Crippen LogP contribution < -0.4 is 5.32 Å². The van der Waals surface area contributed by atoms with Gasteiger partial charge >= 0.3 is 6.18 Å². The second-order valence-electron chi connectivity index (χ2n) is 4.11. The molecule has 1 saturated carbocycles. The highest BCUT2D eigenvalue weighted by molar-refractivity contribution is 4.94. The van der Waals surface area contributed by atoms with Crippen LogP contribution in [0.3, 0.4) is 0 Å². The van der Waals surface area contributed by atoms with Gasteiger partial charge in [-0.15, -0.1) is 0 Å². The molecule has 1 N–H and O–H groups in total. The van der Waals surface area contributed by atoms with Crippen molar-refractivity contribution in [3.8, 4) is 0 Å². The molecule has 1 saturated heterocycles. The third-order valence-corrected chi connectivity index (χ3v) is 2.95. The summed E-state index contributed by atoms with van der Waals surface area (Å²) in [7, 11) is 0. The topological polar surface area (TPSA) is 15.3 Å². The van der Waals surface area contributed by atoms with Gasteiger partial charge in [-0.25, -0.2) is 0 Å². The molecule has 1 aliphatic carbocycles. The zero-order valence-electron chi connectivity index (χ0n) is 7.98. The van der Waals surface area contributed by atoms with Crippen molar-refractivity contribution in [1.82, 2.24) is 10.2 Å². The SMILES string of the molecule is FC(F)(F)[C@@H](C1CC1)N1CCNCC1. The molecule has 1 aliphatic heterocycles. The minimum absolute atomic E-state index is 0.131. The third-order valence-electron chi connectivity index (χ3n) is 2.95. The number of hydrogen-bond acceptors (Lipinski definition) is 2. The molecular weight excluding hydrogens is 193 g/mol. The van der Waals surface area contributed by atoms with Crippen LogP contribution in [0.15, 0.2) is 0 Å². The maximum Gasteiger partial charge on any atom is 0.404 e. The Hall–Kier alpha value is -0.290. The molecule has 0 radical (unpaired) electrons. The van der Waals surface area contributed by atoms with E-state index in [-0.39, 0.29) is 5.92 Å². The van der Waals surface area contributed by atoms with E-state index in [9.17, 15) is 13.2 Å². The molecule has 0 spiro atoms. The monoisotopic (exact) mass is 208 g/mol. The molecule has 82 valence electrons. The van der Waals surface area contributed by atoms with Crippen LogP contribution in [0.25, 0.3) is 0 Å². The summed E-state index contributed by atoms with van der Waals surface area (Å²) in [6.07, 6.45) is -2.55. The fourth-order valence-electron chi connectivity index (χ4n) is 2.14. The van der Waals surface area contributed by atoms with E-state index in [1.165, 1.54) is 0 Å². The van der Waals surface area contributed by atoms with Crippen LogP contribution in [-0.2, 0) is 0 Å². The Bertz CT molecular complexity index is 195. The number of halogens is 3. The molecule has 2 aliphatic rings. The minimum atomic E-state index is -4.04. The van der Waals surface area contributed by atoms with Crippen LogP contribution >= 0.6 is 0 Å². The first-order chi connectivity index (χ1) is 6.59. The van der Waals surface area contributed by atoms with Crippen molar-refractivity contribution in [1.29, 1.82) is 0 Å². The van der Waals surface area contributed by atoms with Gasteiger partial charge in [-0.3, -0.25) is 4.90 Å². The first-order valence-corrected chi connectivity index (χ1v) is 5.10. The van der Waals surface area contributed by atoms with Crippen LogP contribution in [0, 0.1) is 5.92 Å². The molecule has 0 aromatic heterocycles. The summed E-state index contributed by atoms with van der Waals surface area (Å²) < 4.78 is 38.2. The van der Waals surface area contributed by atoms with Crippen LogP contribution in [0.5, 0.6) is 0 Å². The molecule has 2 rings (SSSR count). The summed E-state index contributed by atoms with van der Waals surface area (Å²) in [6.45, 7) is 2.42. The highest BCUT2D eigenvalue weighted by atomic mass is 19.4. The first kappa shape index (κ1) is 10.2. The quantitative estimate of drug-likeness (QED) is 0.734. The van der Waals surface area contributed by atoms with Crippen molar-refractivity contribution in [2.45, 2.75) is 25.1 Å². The van der Waals surface area contributed by atoms with E-state index in [1.54, 1.807) is 4.90 Å². The number of piperazine rings is 1. The largest absolute Gasteiger partial charge is 0.404 e. The van der Waals surface area contributed by atoms with Gasteiger partial charge < -0.3 is 5.32 Å². The molecule has 5 heteroatoms. The van der Waals surface area contributed by atoms with Gasteiger partial charge in [0.15, 0.2) is 0 Å². The van der Waals surface area contributed by atoms with Crippen LogP contribution in [0.2, 0.25) is 0 Å². The van der Waals surface area contributed by atoms with Crippen molar-refractivity contribution in [2.24, 2.45) is 5.92 Å². The van der Waals surface area contributed by atoms with Gasteiger partial charge in [-0.2, -0.15) is 13.2 Å². The second-order valence-corrected chi connectivity index (χ2v) is 4.11. The van der Waals surface area contributed by atoms with E-state index in [0.29, 0.717) is 26.2 Å². The molecule has 2 nitrogen and oxygen atoms in total. The van der Waals surface area contributed by atoms with Gasteiger partial charge in [-0.1, -0.05) is 0 Å². The Balaban J connectivity index is 2.01. The van der Waals surface area contributed by atoms with Crippen LogP contribution in [-0.4, -0.2) is 43.3 Å². The smallest absolute Gasteiger partial charge is 0.314 e. The highest BCUT2D eigenvalue weighted by Crippen LogP contribution is 2.43. The molecule has 0 unspecified atom stereocenters. The van der Waals surface area contributed by atoms with E-state index in [1.807, 2.05) is 0 Å². The van der Waals surface area contributed by atoms with Gasteiger partial charge in [0.05, 0.1) is 0 Å². The maximum absolute atomic E-state index is 12.7. The molecule has 14 heavy (non-hydrogen) atoms. The lowest BCUT2D eigenvalue weighted by molar-refractivity contribution is -0.190. The molecular formula is C9H15F3N2. The van der Waals surface area contributed by atoms with Crippen LogP contribution in [0.4, 0.5) is 13.2 Å². The van der Waals surface area contributed by atoms with Crippen molar-refractivity contribution in [3.63, 3.8) is 0 Å². The summed E-state index contributed by atoms with van der Waals surface area (Å²) in [5, 5.41) is 3.07. The van der Waals surface area contributed by atoms with E-state index >= 15 is 0 Å². The Kier molecular flexibility index (Phi) is 2.70. The van der Waals surface area contributed by atoms with E-state index in [0.717, 1.165) is 12.8 Å². The Labute approximate surface area is 81.5 Å². The van der Waals surface area contributed by atoms with Crippen molar-refractivity contribution in [2.75, 3.05) is 26.2 Å². The van der Waals surface area contributed by atoms with Gasteiger partial charge in [0.2, 0.25) is 0 Å². The zero-order chi connectivity index (χ0) is 10.2. The third kappa shape index (κ3) is 2.20. The van der Waals surface area contributed by atoms with Crippen molar-refractivity contribution < 1.29 is 13.2 Å². The van der Waals surface area contributed by atoms with Crippen LogP contribution in [0.1, 0.15) is 12.8 Å². The summed E-state index contributed by atoms with van der Waals surface area (Å²) in [6, 6.07) is -1.18. The molecule has 0 aromatic rings. The van der Waals surface area contributed by atoms with E-state index in [2.05, 4.69) is 5.32 Å². The number of alkyl halides is 3. The van der Waals surface area contributed by atoms with Gasteiger partial charge in [0, 0.05) is 26.2 Å². The number of nitrogens with one attached hydrogen (secondary N) is 1. The number of nitrogens with zero attached hydrogens (tertiary/aromatic N) is 1. The normalized spacial score (nSPS) is 27.6. The lowest BCUT2D eigenvalue weighted by Gasteiger charge is -2.36. The minimum Gasteiger partial charge on any atom is -0.314 e. The average Bonchev–Trinajstić information content (AvgIpc) is 2.88. The van der Waals surface area contributed by atoms with Gasteiger partial charge in [0.25, 0.3) is 0 Å². The van der Waals surface area contributed by atoms with E-state index < -0.39 is 12.2 Å². The van der Waals surface area contributed by atoms with E-state index in [4.69, 9.17) is 0 Å².